The van der Waals surface area contributed by atoms with Gasteiger partial charge in [0.1, 0.15) is 0 Å². The van der Waals surface area contributed by atoms with E-state index in [2.05, 4.69) is 43.4 Å². The summed E-state index contributed by atoms with van der Waals surface area (Å²) in [5.74, 6) is 0.505. The molecule has 2 rings (SSSR count). The topological polar surface area (TPSA) is 59.0 Å². The standard InChI is InChI=1S/C15H26N4O/c1-5-19-12(4)14(11(3)18-19)10(2)16-8-9-17-15(20)13-6-7-13/h10,13,16H,5-9H2,1-4H3,(H,17,20). The summed E-state index contributed by atoms with van der Waals surface area (Å²) in [6.45, 7) is 10.8. The average molecular weight is 278 g/mol. The van der Waals surface area contributed by atoms with E-state index >= 15 is 0 Å². The predicted octanol–water partition coefficient (Wildman–Crippen LogP) is 1.70. The Morgan fingerprint density at radius 3 is 2.65 bits per heavy atom. The van der Waals surface area contributed by atoms with Crippen LogP contribution in [0, 0.1) is 19.8 Å². The lowest BCUT2D eigenvalue weighted by molar-refractivity contribution is -0.122. The molecule has 0 saturated heterocycles. The number of carbonyl (C=O) groups is 1. The number of rotatable bonds is 7. The molecule has 0 bridgehead atoms. The van der Waals surface area contributed by atoms with E-state index in [9.17, 15) is 4.79 Å². The quantitative estimate of drug-likeness (QED) is 0.746. The van der Waals surface area contributed by atoms with Gasteiger partial charge in [-0.2, -0.15) is 5.10 Å². The van der Waals surface area contributed by atoms with E-state index in [1.54, 1.807) is 0 Å². The molecule has 1 fully saturated rings. The van der Waals surface area contributed by atoms with E-state index in [1.165, 1.54) is 11.3 Å². The van der Waals surface area contributed by atoms with Crippen LogP contribution in [0.15, 0.2) is 0 Å². The molecule has 5 heteroatoms. The highest BCUT2D eigenvalue weighted by molar-refractivity contribution is 5.80. The van der Waals surface area contributed by atoms with Crippen molar-refractivity contribution >= 4 is 5.91 Å². The molecule has 0 aromatic carbocycles. The third-order valence-electron chi connectivity index (χ3n) is 3.99. The molecule has 1 atom stereocenters. The van der Waals surface area contributed by atoms with Gasteiger partial charge in [0.25, 0.3) is 0 Å². The first kappa shape index (κ1) is 15.0. The Bertz CT molecular complexity index is 476. The Labute approximate surface area is 121 Å². The molecular weight excluding hydrogens is 252 g/mol. The number of aryl methyl sites for hydroxylation is 2. The lowest BCUT2D eigenvalue weighted by atomic mass is 10.1. The molecule has 2 N–H and O–H groups in total. The van der Waals surface area contributed by atoms with Crippen LogP contribution >= 0.6 is 0 Å². The molecule has 1 aliphatic carbocycles. The highest BCUT2D eigenvalue weighted by atomic mass is 16.2. The lowest BCUT2D eigenvalue weighted by Crippen LogP contribution is -2.33. The molecule has 0 spiro atoms. The molecule has 1 saturated carbocycles. The van der Waals surface area contributed by atoms with Gasteiger partial charge in [0.15, 0.2) is 0 Å². The first-order valence-corrected chi connectivity index (χ1v) is 7.59. The molecule has 1 aromatic rings. The van der Waals surface area contributed by atoms with Crippen LogP contribution in [0.25, 0.3) is 0 Å². The highest BCUT2D eigenvalue weighted by Crippen LogP contribution is 2.28. The molecule has 0 aliphatic heterocycles. The smallest absolute Gasteiger partial charge is 0.223 e. The van der Waals surface area contributed by atoms with E-state index in [0.29, 0.717) is 12.5 Å². The van der Waals surface area contributed by atoms with Crippen LogP contribution in [0.2, 0.25) is 0 Å². The van der Waals surface area contributed by atoms with Gasteiger partial charge in [0, 0.05) is 42.9 Å². The van der Waals surface area contributed by atoms with Crippen LogP contribution in [0.4, 0.5) is 0 Å². The zero-order chi connectivity index (χ0) is 14.7. The number of nitrogens with zero attached hydrogens (tertiary/aromatic N) is 2. The Kier molecular flexibility index (Phi) is 4.81. The molecule has 0 radical (unpaired) electrons. The summed E-state index contributed by atoms with van der Waals surface area (Å²) < 4.78 is 2.04. The largest absolute Gasteiger partial charge is 0.355 e. The van der Waals surface area contributed by atoms with Crippen molar-refractivity contribution in [3.05, 3.63) is 17.0 Å². The van der Waals surface area contributed by atoms with Gasteiger partial charge in [-0.05, 0) is 40.5 Å². The summed E-state index contributed by atoms with van der Waals surface area (Å²) in [7, 11) is 0. The predicted molar refractivity (Wildman–Crippen MR) is 79.5 cm³/mol. The number of carbonyl (C=O) groups excluding carboxylic acids is 1. The summed E-state index contributed by atoms with van der Waals surface area (Å²) in [6, 6.07) is 0.258. The maximum Gasteiger partial charge on any atom is 0.223 e. The number of aromatic nitrogens is 2. The first-order valence-electron chi connectivity index (χ1n) is 7.59. The highest BCUT2D eigenvalue weighted by Gasteiger charge is 2.29. The van der Waals surface area contributed by atoms with Gasteiger partial charge < -0.3 is 10.6 Å². The van der Waals surface area contributed by atoms with E-state index in [1.807, 2.05) is 4.68 Å². The normalized spacial score (nSPS) is 16.2. The third kappa shape index (κ3) is 3.39. The first-order chi connectivity index (χ1) is 9.54. The van der Waals surface area contributed by atoms with Gasteiger partial charge in [0.2, 0.25) is 5.91 Å². The van der Waals surface area contributed by atoms with Crippen molar-refractivity contribution in [2.45, 2.75) is 53.1 Å². The molecule has 112 valence electrons. The van der Waals surface area contributed by atoms with Gasteiger partial charge in [-0.25, -0.2) is 0 Å². The van der Waals surface area contributed by atoms with Crippen molar-refractivity contribution in [2.24, 2.45) is 5.92 Å². The SMILES string of the molecule is CCn1nc(C)c(C(C)NCCNC(=O)C2CC2)c1C. The second-order valence-corrected chi connectivity index (χ2v) is 5.64. The van der Waals surface area contributed by atoms with Crippen molar-refractivity contribution in [2.75, 3.05) is 13.1 Å². The van der Waals surface area contributed by atoms with E-state index in [-0.39, 0.29) is 11.9 Å². The fourth-order valence-corrected chi connectivity index (χ4v) is 2.71. The van der Waals surface area contributed by atoms with Crippen molar-refractivity contribution in [3.63, 3.8) is 0 Å². The minimum Gasteiger partial charge on any atom is -0.355 e. The second-order valence-electron chi connectivity index (χ2n) is 5.64. The van der Waals surface area contributed by atoms with Gasteiger partial charge in [0.05, 0.1) is 5.69 Å². The summed E-state index contributed by atoms with van der Waals surface area (Å²) in [5, 5.41) is 11.0. The number of amides is 1. The Morgan fingerprint density at radius 1 is 1.40 bits per heavy atom. The molecule has 1 aliphatic rings. The van der Waals surface area contributed by atoms with Gasteiger partial charge in [-0.1, -0.05) is 0 Å². The van der Waals surface area contributed by atoms with Gasteiger partial charge >= 0.3 is 0 Å². The van der Waals surface area contributed by atoms with Crippen molar-refractivity contribution in [1.29, 1.82) is 0 Å². The Balaban J connectivity index is 1.80. The zero-order valence-corrected chi connectivity index (χ0v) is 13.0. The molecule has 5 nitrogen and oxygen atoms in total. The monoisotopic (exact) mass is 278 g/mol. The fourth-order valence-electron chi connectivity index (χ4n) is 2.71. The molecule has 20 heavy (non-hydrogen) atoms. The summed E-state index contributed by atoms with van der Waals surface area (Å²) in [6.07, 6.45) is 2.12. The van der Waals surface area contributed by atoms with Crippen LogP contribution < -0.4 is 10.6 Å². The molecule has 1 unspecified atom stereocenters. The summed E-state index contributed by atoms with van der Waals surface area (Å²) in [4.78, 5) is 11.5. The number of hydrogen-bond acceptors (Lipinski definition) is 3. The van der Waals surface area contributed by atoms with E-state index in [4.69, 9.17) is 0 Å². The van der Waals surface area contributed by atoms with Crippen molar-refractivity contribution < 1.29 is 4.79 Å². The van der Waals surface area contributed by atoms with E-state index in [0.717, 1.165) is 31.6 Å². The molecule has 1 heterocycles. The Morgan fingerprint density at radius 2 is 2.10 bits per heavy atom. The number of nitrogens with one attached hydrogen (secondary N) is 2. The van der Waals surface area contributed by atoms with Gasteiger partial charge in [-0.3, -0.25) is 9.48 Å². The van der Waals surface area contributed by atoms with Crippen LogP contribution in [0.3, 0.4) is 0 Å². The van der Waals surface area contributed by atoms with Gasteiger partial charge in [-0.15, -0.1) is 0 Å². The van der Waals surface area contributed by atoms with Crippen molar-refractivity contribution in [1.82, 2.24) is 20.4 Å². The maximum absolute atomic E-state index is 11.5. The average Bonchev–Trinajstić information content (AvgIpc) is 3.21. The fraction of sp³-hybridized carbons (Fsp3) is 0.733. The van der Waals surface area contributed by atoms with Crippen molar-refractivity contribution in [3.8, 4) is 0 Å². The minimum atomic E-state index is 0.214. The summed E-state index contributed by atoms with van der Waals surface area (Å²) in [5.41, 5.74) is 3.60. The second kappa shape index (κ2) is 6.39. The molecule has 1 aromatic heterocycles. The molecule has 1 amide bonds. The number of hydrogen-bond donors (Lipinski definition) is 2. The van der Waals surface area contributed by atoms with Crippen LogP contribution in [-0.4, -0.2) is 28.8 Å². The van der Waals surface area contributed by atoms with Crippen LogP contribution in [-0.2, 0) is 11.3 Å². The van der Waals surface area contributed by atoms with Crippen LogP contribution in [0.5, 0.6) is 0 Å². The third-order valence-corrected chi connectivity index (χ3v) is 3.99. The van der Waals surface area contributed by atoms with E-state index < -0.39 is 0 Å². The molecular formula is C15H26N4O. The minimum absolute atomic E-state index is 0.214. The maximum atomic E-state index is 11.5. The summed E-state index contributed by atoms with van der Waals surface area (Å²) >= 11 is 0. The lowest BCUT2D eigenvalue weighted by Gasteiger charge is -2.15. The Hall–Kier alpha value is -1.36. The van der Waals surface area contributed by atoms with Crippen LogP contribution in [0.1, 0.15) is 49.7 Å². The zero-order valence-electron chi connectivity index (χ0n) is 13.0.